The molecule has 1 aliphatic rings. The van der Waals surface area contributed by atoms with Crippen LogP contribution in [-0.4, -0.2) is 55.7 Å². The summed E-state index contributed by atoms with van der Waals surface area (Å²) in [7, 11) is 0. The molecule has 0 unspecified atom stereocenters. The van der Waals surface area contributed by atoms with Gasteiger partial charge in [-0.25, -0.2) is 0 Å². The third-order valence-electron chi connectivity index (χ3n) is 3.67. The van der Waals surface area contributed by atoms with Crippen molar-refractivity contribution in [2.24, 2.45) is 10.9 Å². The monoisotopic (exact) mass is 348 g/mol. The highest BCUT2D eigenvalue weighted by molar-refractivity contribution is 5.94. The normalized spacial score (nSPS) is 14.7. The molecule has 8 heteroatoms. The van der Waals surface area contributed by atoms with Gasteiger partial charge in [-0.15, -0.1) is 0 Å². The Morgan fingerprint density at radius 3 is 2.76 bits per heavy atom. The molecule has 1 aliphatic heterocycles. The van der Waals surface area contributed by atoms with Crippen LogP contribution in [0.25, 0.3) is 0 Å². The number of carbonyl (C=O) groups is 2. The molecule has 0 spiro atoms. The van der Waals surface area contributed by atoms with Crippen molar-refractivity contribution in [1.29, 1.82) is 0 Å². The second-order valence-electron chi connectivity index (χ2n) is 5.76. The molecule has 136 valence electrons. The molecule has 0 bridgehead atoms. The number of hydrogen-bond acceptors (Lipinski definition) is 6. The maximum atomic E-state index is 11.9. The molecule has 0 aromatic heterocycles. The molecule has 1 amide bonds. The van der Waals surface area contributed by atoms with Gasteiger partial charge in [0.2, 0.25) is 0 Å². The minimum atomic E-state index is -0.938. The molecule has 1 aromatic rings. The predicted molar refractivity (Wildman–Crippen MR) is 94.0 cm³/mol. The van der Waals surface area contributed by atoms with E-state index in [1.54, 1.807) is 31.2 Å². The lowest BCUT2D eigenvalue weighted by Crippen LogP contribution is -2.42. The van der Waals surface area contributed by atoms with E-state index in [1.165, 1.54) is 0 Å². The van der Waals surface area contributed by atoms with Crippen LogP contribution in [0.5, 0.6) is 5.75 Å². The van der Waals surface area contributed by atoms with Gasteiger partial charge >= 0.3 is 5.97 Å². The molecular weight excluding hydrogens is 324 g/mol. The molecule has 0 radical (unpaired) electrons. The number of aliphatic carboxylic acids is 1. The molecule has 1 aromatic carbocycles. The van der Waals surface area contributed by atoms with E-state index >= 15 is 0 Å². The summed E-state index contributed by atoms with van der Waals surface area (Å²) in [6.07, 6.45) is 1.05. The van der Waals surface area contributed by atoms with Gasteiger partial charge in [-0.05, 0) is 30.7 Å². The van der Waals surface area contributed by atoms with Gasteiger partial charge in [-0.1, -0.05) is 6.92 Å². The number of ether oxygens (including phenoxy) is 1. The minimum absolute atomic E-state index is 0.0933. The molecule has 2 rings (SSSR count). The van der Waals surface area contributed by atoms with Crippen molar-refractivity contribution >= 4 is 17.8 Å². The van der Waals surface area contributed by atoms with Crippen LogP contribution in [-0.2, 0) is 4.79 Å². The Labute approximate surface area is 146 Å². The number of nitrogens with one attached hydrogen (secondary N) is 3. The number of nitrogens with zero attached hydrogens (tertiary/aromatic N) is 1. The van der Waals surface area contributed by atoms with Crippen LogP contribution >= 0.6 is 0 Å². The number of carbonyl (C=O) groups excluding carboxylic acids is 1. The number of hydrogen-bond donors (Lipinski definition) is 4. The van der Waals surface area contributed by atoms with Crippen LogP contribution < -0.4 is 20.7 Å². The second kappa shape index (κ2) is 9.51. The number of benzene rings is 1. The van der Waals surface area contributed by atoms with E-state index in [0.29, 0.717) is 24.5 Å². The summed E-state index contributed by atoms with van der Waals surface area (Å²) in [5.41, 5.74) is 0.462. The SMILES string of the molecule is C[C@H](CNC(=O)c1ccc(OCCNC2=NCCCN2)cc1)C(=O)O. The van der Waals surface area contributed by atoms with E-state index in [9.17, 15) is 9.59 Å². The van der Waals surface area contributed by atoms with E-state index in [-0.39, 0.29) is 12.5 Å². The highest BCUT2D eigenvalue weighted by atomic mass is 16.5. The van der Waals surface area contributed by atoms with E-state index in [1.807, 2.05) is 0 Å². The minimum Gasteiger partial charge on any atom is -0.492 e. The van der Waals surface area contributed by atoms with Crippen molar-refractivity contribution in [2.45, 2.75) is 13.3 Å². The summed E-state index contributed by atoms with van der Waals surface area (Å²) in [4.78, 5) is 27.0. The summed E-state index contributed by atoms with van der Waals surface area (Å²) in [6.45, 7) is 4.51. The summed E-state index contributed by atoms with van der Waals surface area (Å²) >= 11 is 0. The van der Waals surface area contributed by atoms with Crippen LogP contribution in [0.1, 0.15) is 23.7 Å². The first-order valence-corrected chi connectivity index (χ1v) is 8.32. The first-order valence-electron chi connectivity index (χ1n) is 8.32. The first kappa shape index (κ1) is 18.6. The molecular formula is C17H24N4O4. The van der Waals surface area contributed by atoms with Crippen LogP contribution in [0.2, 0.25) is 0 Å². The number of carboxylic acid groups (broad SMARTS) is 1. The van der Waals surface area contributed by atoms with Crippen LogP contribution in [0.3, 0.4) is 0 Å². The highest BCUT2D eigenvalue weighted by Crippen LogP contribution is 2.12. The summed E-state index contributed by atoms with van der Waals surface area (Å²) in [5.74, 6) is -0.398. The number of rotatable bonds is 8. The average Bonchev–Trinajstić information content (AvgIpc) is 2.64. The zero-order chi connectivity index (χ0) is 18.1. The molecule has 25 heavy (non-hydrogen) atoms. The van der Waals surface area contributed by atoms with Crippen molar-refractivity contribution in [3.05, 3.63) is 29.8 Å². The maximum absolute atomic E-state index is 11.9. The zero-order valence-corrected chi connectivity index (χ0v) is 14.2. The van der Waals surface area contributed by atoms with E-state index < -0.39 is 11.9 Å². The number of carboxylic acids is 1. The maximum Gasteiger partial charge on any atom is 0.308 e. The molecule has 8 nitrogen and oxygen atoms in total. The third kappa shape index (κ3) is 6.33. The Bertz CT molecular complexity index is 616. The van der Waals surface area contributed by atoms with Gasteiger partial charge in [0.25, 0.3) is 5.91 Å². The summed E-state index contributed by atoms with van der Waals surface area (Å²) < 4.78 is 5.61. The van der Waals surface area contributed by atoms with Gasteiger partial charge in [0.05, 0.1) is 12.5 Å². The van der Waals surface area contributed by atoms with E-state index in [2.05, 4.69) is 20.9 Å². The summed E-state index contributed by atoms with van der Waals surface area (Å²) in [5, 5.41) is 17.7. The lowest BCUT2D eigenvalue weighted by atomic mass is 10.1. The molecule has 0 fully saturated rings. The predicted octanol–water partition coefficient (Wildman–Crippen LogP) is 0.455. The molecule has 1 atom stereocenters. The van der Waals surface area contributed by atoms with Crippen molar-refractivity contribution in [2.75, 3.05) is 32.8 Å². The number of guanidine groups is 1. The second-order valence-corrected chi connectivity index (χ2v) is 5.76. The van der Waals surface area contributed by atoms with Crippen molar-refractivity contribution in [3.63, 3.8) is 0 Å². The molecule has 0 saturated carbocycles. The van der Waals surface area contributed by atoms with Crippen LogP contribution in [0, 0.1) is 5.92 Å². The van der Waals surface area contributed by atoms with Gasteiger partial charge in [0.1, 0.15) is 12.4 Å². The smallest absolute Gasteiger partial charge is 0.308 e. The van der Waals surface area contributed by atoms with Crippen molar-refractivity contribution in [3.8, 4) is 5.75 Å². The van der Waals surface area contributed by atoms with Gasteiger partial charge in [-0.3, -0.25) is 14.6 Å². The van der Waals surface area contributed by atoms with Crippen molar-refractivity contribution < 1.29 is 19.4 Å². The topological polar surface area (TPSA) is 112 Å². The Kier molecular flexibility index (Phi) is 7.06. The first-order chi connectivity index (χ1) is 12.1. The number of amides is 1. The fourth-order valence-corrected chi connectivity index (χ4v) is 2.13. The Hall–Kier alpha value is -2.77. The van der Waals surface area contributed by atoms with Crippen LogP contribution in [0.15, 0.2) is 29.3 Å². The quantitative estimate of drug-likeness (QED) is 0.508. The van der Waals surface area contributed by atoms with Gasteiger partial charge < -0.3 is 25.8 Å². The molecule has 1 heterocycles. The lowest BCUT2D eigenvalue weighted by molar-refractivity contribution is -0.140. The van der Waals surface area contributed by atoms with Gasteiger partial charge in [0, 0.05) is 25.2 Å². The average molecular weight is 348 g/mol. The van der Waals surface area contributed by atoms with Crippen LogP contribution in [0.4, 0.5) is 0 Å². The van der Waals surface area contributed by atoms with Crippen molar-refractivity contribution in [1.82, 2.24) is 16.0 Å². The Morgan fingerprint density at radius 1 is 1.36 bits per heavy atom. The fraction of sp³-hybridized carbons (Fsp3) is 0.471. The van der Waals surface area contributed by atoms with E-state index in [0.717, 1.165) is 25.5 Å². The van der Waals surface area contributed by atoms with Gasteiger partial charge in [0.15, 0.2) is 5.96 Å². The summed E-state index contributed by atoms with van der Waals surface area (Å²) in [6, 6.07) is 6.73. The fourth-order valence-electron chi connectivity index (χ4n) is 2.13. The Morgan fingerprint density at radius 2 is 2.12 bits per heavy atom. The molecule has 0 saturated heterocycles. The standard InChI is InChI=1S/C17H24N4O4/c1-12(16(23)24)11-21-15(22)13-3-5-14(6-4-13)25-10-9-20-17-18-7-2-8-19-17/h3-6,12H,2,7-11H2,1H3,(H,21,22)(H,23,24)(H2,18,19,20)/t12-/m1/s1. The largest absolute Gasteiger partial charge is 0.492 e. The lowest BCUT2D eigenvalue weighted by Gasteiger charge is -2.16. The molecule has 0 aliphatic carbocycles. The third-order valence-corrected chi connectivity index (χ3v) is 3.67. The highest BCUT2D eigenvalue weighted by Gasteiger charge is 2.13. The zero-order valence-electron chi connectivity index (χ0n) is 14.2. The van der Waals surface area contributed by atoms with Gasteiger partial charge in [-0.2, -0.15) is 0 Å². The van der Waals surface area contributed by atoms with E-state index in [4.69, 9.17) is 9.84 Å². The Balaban J connectivity index is 1.70. The number of aliphatic imine (C=N–C) groups is 1. The molecule has 4 N–H and O–H groups in total.